The summed E-state index contributed by atoms with van der Waals surface area (Å²) in [5.41, 5.74) is 0. The van der Waals surface area contributed by atoms with Crippen molar-refractivity contribution in [2.24, 2.45) is 0 Å². The van der Waals surface area contributed by atoms with Gasteiger partial charge in [0, 0.05) is 98.8 Å². The van der Waals surface area contributed by atoms with Crippen LogP contribution >= 0.6 is 0 Å². The summed E-state index contributed by atoms with van der Waals surface area (Å²) in [5, 5.41) is 0. The second kappa shape index (κ2) is 15.3. The van der Waals surface area contributed by atoms with Crippen LogP contribution in [0.5, 0.6) is 0 Å². The van der Waals surface area contributed by atoms with Crippen LogP contribution in [0.15, 0.2) is 0 Å². The molecule has 0 unspecified atom stereocenters. The van der Waals surface area contributed by atoms with Crippen molar-refractivity contribution in [1.82, 2.24) is 0 Å². The zero-order chi connectivity index (χ0) is 26.6. The van der Waals surface area contributed by atoms with Crippen molar-refractivity contribution in [3.8, 4) is 0 Å². The van der Waals surface area contributed by atoms with Gasteiger partial charge in [0.25, 0.3) is 0 Å². The molecule has 0 saturated carbocycles. The van der Waals surface area contributed by atoms with E-state index in [-0.39, 0.29) is 0 Å². The third kappa shape index (κ3) is 11.9. The Balaban J connectivity index is 3.62. The van der Waals surface area contributed by atoms with Crippen LogP contribution < -0.4 is 0 Å². The summed E-state index contributed by atoms with van der Waals surface area (Å²) in [7, 11) is -5.45. The molecular weight excluding hydrogens is 541 g/mol. The normalized spacial score (nSPS) is 36.9. The molecule has 1 rings (SSSR count). The van der Waals surface area contributed by atoms with Gasteiger partial charge in [-0.3, -0.25) is 0 Å². The Hall–Kier alpha value is 0.684. The molecule has 10 nitrogen and oxygen atoms in total. The second-order valence-corrected chi connectivity index (χ2v) is 27.8. The van der Waals surface area contributed by atoms with Crippen LogP contribution in [0, 0.1) is 0 Å². The van der Waals surface area contributed by atoms with Gasteiger partial charge in [0.05, 0.1) is 0 Å². The highest BCUT2D eigenvalue weighted by Gasteiger charge is 2.56. The third-order valence-corrected chi connectivity index (χ3v) is 28.8. The van der Waals surface area contributed by atoms with E-state index in [1.165, 1.54) is 0 Å². The minimum absolute atomic E-state index is 0.541. The van der Waals surface area contributed by atoms with Crippen molar-refractivity contribution in [1.29, 1.82) is 0 Å². The minimum Gasteiger partial charge on any atom is -0.415 e. The van der Waals surface area contributed by atoms with Crippen molar-refractivity contribution in [3.63, 3.8) is 0 Å². The molecule has 0 amide bonds. The van der Waals surface area contributed by atoms with Crippen LogP contribution in [0.3, 0.4) is 0 Å². The van der Waals surface area contributed by atoms with E-state index in [1.54, 1.807) is 35.5 Å². The summed E-state index contributed by atoms with van der Waals surface area (Å²) in [5.74, 6) is 0. The SMILES string of the molecule is COCC[Si]1(C)O[Si](C)(CCOC)O[Si](C)(CCOC)O[Si](C)(CCOC)O[Si](C)(CCOC)O1. The maximum absolute atomic E-state index is 7.00. The Morgan fingerprint density at radius 2 is 0.486 bits per heavy atom. The molecule has 0 aromatic carbocycles. The van der Waals surface area contributed by atoms with Crippen molar-refractivity contribution < 1.29 is 44.3 Å². The fourth-order valence-electron chi connectivity index (χ4n) is 4.34. The summed E-state index contributed by atoms with van der Waals surface area (Å²) in [4.78, 5) is 0. The highest BCUT2D eigenvalue weighted by Crippen LogP contribution is 2.37. The highest BCUT2D eigenvalue weighted by molar-refractivity contribution is 6.94. The van der Waals surface area contributed by atoms with Gasteiger partial charge in [-0.15, -0.1) is 0 Å². The number of methoxy groups -OCH3 is 5. The van der Waals surface area contributed by atoms with Crippen LogP contribution in [0.1, 0.15) is 0 Å². The molecule has 1 heterocycles. The van der Waals surface area contributed by atoms with Crippen LogP contribution in [-0.2, 0) is 44.3 Å². The van der Waals surface area contributed by atoms with Crippen molar-refractivity contribution in [2.75, 3.05) is 68.6 Å². The molecule has 1 saturated heterocycles. The van der Waals surface area contributed by atoms with E-state index in [1.807, 2.05) is 0 Å². The molecule has 0 atom stereocenters. The van der Waals surface area contributed by atoms with Crippen molar-refractivity contribution in [3.05, 3.63) is 0 Å². The van der Waals surface area contributed by atoms with Gasteiger partial charge < -0.3 is 44.3 Å². The van der Waals surface area contributed by atoms with Crippen LogP contribution in [0.4, 0.5) is 0 Å². The lowest BCUT2D eigenvalue weighted by Gasteiger charge is -2.50. The molecule has 35 heavy (non-hydrogen) atoms. The van der Waals surface area contributed by atoms with E-state index in [4.69, 9.17) is 44.3 Å². The van der Waals surface area contributed by atoms with E-state index < -0.39 is 42.8 Å². The Morgan fingerprint density at radius 1 is 0.343 bits per heavy atom. The number of hydrogen-bond donors (Lipinski definition) is 0. The van der Waals surface area contributed by atoms with E-state index in [9.17, 15) is 0 Å². The average Bonchev–Trinajstić information content (AvgIpc) is 2.76. The lowest BCUT2D eigenvalue weighted by molar-refractivity contribution is 0.165. The summed E-state index contributed by atoms with van der Waals surface area (Å²) in [6.45, 7) is 13.3. The van der Waals surface area contributed by atoms with E-state index in [0.29, 0.717) is 63.3 Å². The quantitative estimate of drug-likeness (QED) is 0.263. The van der Waals surface area contributed by atoms with Crippen LogP contribution in [0.25, 0.3) is 0 Å². The Labute approximate surface area is 218 Å². The molecule has 0 aliphatic carbocycles. The van der Waals surface area contributed by atoms with Crippen molar-refractivity contribution in [2.45, 2.75) is 63.0 Å². The number of rotatable bonds is 15. The van der Waals surface area contributed by atoms with Gasteiger partial charge in [-0.1, -0.05) is 0 Å². The molecule has 0 radical (unpaired) electrons. The predicted octanol–water partition coefficient (Wildman–Crippen LogP) is 3.68. The van der Waals surface area contributed by atoms with Gasteiger partial charge in [-0.2, -0.15) is 0 Å². The van der Waals surface area contributed by atoms with Crippen LogP contribution in [-0.4, -0.2) is 111 Å². The third-order valence-electron chi connectivity index (χ3n) is 5.96. The summed E-state index contributed by atoms with van der Waals surface area (Å²) >= 11 is 0. The molecule has 1 aliphatic rings. The van der Waals surface area contributed by atoms with Crippen molar-refractivity contribution >= 4 is 42.8 Å². The fraction of sp³-hybridized carbons (Fsp3) is 1.00. The zero-order valence-corrected chi connectivity index (χ0v) is 28.7. The molecule has 1 aliphatic heterocycles. The summed E-state index contributed by atoms with van der Waals surface area (Å²) < 4.78 is 62.3. The van der Waals surface area contributed by atoms with Gasteiger partial charge >= 0.3 is 42.8 Å². The monoisotopic (exact) mass is 590 g/mol. The molecule has 15 heteroatoms. The second-order valence-electron chi connectivity index (χ2n) is 9.89. The van der Waals surface area contributed by atoms with E-state index >= 15 is 0 Å². The summed E-state index contributed by atoms with van der Waals surface area (Å²) in [6, 6.07) is 3.38. The number of ether oxygens (including phenoxy) is 5. The maximum atomic E-state index is 7.00. The van der Waals surface area contributed by atoms with Gasteiger partial charge in [0.1, 0.15) is 0 Å². The maximum Gasteiger partial charge on any atom is 0.319 e. The van der Waals surface area contributed by atoms with Crippen LogP contribution in [0.2, 0.25) is 63.0 Å². The van der Waals surface area contributed by atoms with Gasteiger partial charge in [0.2, 0.25) is 0 Å². The van der Waals surface area contributed by atoms with Gasteiger partial charge in [0.15, 0.2) is 0 Å². The zero-order valence-electron chi connectivity index (χ0n) is 23.7. The molecule has 0 aromatic heterocycles. The first-order valence-electron chi connectivity index (χ1n) is 12.3. The standard InChI is InChI=1S/C20H50O10Si5/c1-21-11-16-31(6)26-32(7,17-12-22-2)28-34(9,19-14-24-4)30-35(10,20-15-25-5)29-33(8,27-31)18-13-23-3/h11-20H2,1-10H3. The Morgan fingerprint density at radius 3 is 0.600 bits per heavy atom. The Kier molecular flexibility index (Phi) is 14.8. The average molecular weight is 591 g/mol. The lowest BCUT2D eigenvalue weighted by atomic mass is 10.9. The van der Waals surface area contributed by atoms with Gasteiger partial charge in [-0.05, 0) is 32.7 Å². The van der Waals surface area contributed by atoms with E-state index in [2.05, 4.69) is 32.7 Å². The minimum atomic E-state index is -2.79. The first-order chi connectivity index (χ1) is 16.3. The summed E-state index contributed by atoms with van der Waals surface area (Å²) in [6.07, 6.45) is 0. The molecule has 0 bridgehead atoms. The molecule has 1 fully saturated rings. The lowest BCUT2D eigenvalue weighted by Crippen LogP contribution is -2.68. The first kappa shape index (κ1) is 33.7. The topological polar surface area (TPSA) is 92.3 Å². The van der Waals surface area contributed by atoms with E-state index in [0.717, 1.165) is 0 Å². The molecule has 0 N–H and O–H groups in total. The fourth-order valence-corrected chi connectivity index (χ4v) is 32.3. The first-order valence-corrected chi connectivity index (χ1v) is 24.9. The van der Waals surface area contributed by atoms with Gasteiger partial charge in [-0.25, -0.2) is 0 Å². The largest absolute Gasteiger partial charge is 0.415 e. The highest BCUT2D eigenvalue weighted by atomic mass is 28.5. The Bertz CT molecular complexity index is 477. The smallest absolute Gasteiger partial charge is 0.319 e. The molecule has 0 aromatic rings. The molecule has 0 spiro atoms. The molecular formula is C20H50O10Si5. The molecule has 210 valence electrons. The predicted molar refractivity (Wildman–Crippen MR) is 147 cm³/mol. The number of hydrogen-bond acceptors (Lipinski definition) is 10.